The minimum absolute atomic E-state index is 0.111. The molecule has 0 radical (unpaired) electrons. The summed E-state index contributed by atoms with van der Waals surface area (Å²) in [4.78, 5) is 39.4. The second-order valence-electron chi connectivity index (χ2n) is 7.83. The Labute approximate surface area is 193 Å². The molecule has 0 unspecified atom stereocenters. The van der Waals surface area contributed by atoms with Crippen LogP contribution in [-0.4, -0.2) is 24.8 Å². The first kappa shape index (κ1) is 23.1. The number of rotatable bonds is 7. The van der Waals surface area contributed by atoms with Crippen molar-refractivity contribution in [3.8, 4) is 0 Å². The van der Waals surface area contributed by atoms with Gasteiger partial charge in [0.15, 0.2) is 5.52 Å². The van der Waals surface area contributed by atoms with Gasteiger partial charge in [-0.1, -0.05) is 30.3 Å². The van der Waals surface area contributed by atoms with Crippen LogP contribution in [0.15, 0.2) is 58.1 Å². The molecule has 1 N–H and O–H groups in total. The number of anilines is 1. The average Bonchev–Trinajstić information content (AvgIpc) is 3.15. The van der Waals surface area contributed by atoms with Gasteiger partial charge in [-0.2, -0.15) is 5.10 Å². The van der Waals surface area contributed by atoms with Crippen LogP contribution in [0, 0.1) is 18.6 Å². The molecule has 34 heavy (non-hydrogen) atoms. The summed E-state index contributed by atoms with van der Waals surface area (Å²) in [6.45, 7) is 3.49. The van der Waals surface area contributed by atoms with Gasteiger partial charge in [-0.15, -0.1) is 0 Å². The molecule has 0 atom stereocenters. The number of carbonyl (C=O) groups is 1. The number of aryl methyl sites for hydroxylation is 3. The van der Waals surface area contributed by atoms with Gasteiger partial charge in [-0.3, -0.25) is 23.4 Å². The van der Waals surface area contributed by atoms with Crippen molar-refractivity contribution in [2.24, 2.45) is 0 Å². The van der Waals surface area contributed by atoms with Crippen molar-refractivity contribution in [1.82, 2.24) is 18.9 Å². The number of amides is 1. The monoisotopic (exact) mass is 467 g/mol. The van der Waals surface area contributed by atoms with Crippen LogP contribution in [0.25, 0.3) is 11.0 Å². The largest absolute Gasteiger partial charge is 0.332 e. The minimum Gasteiger partial charge on any atom is -0.322 e. The van der Waals surface area contributed by atoms with Crippen molar-refractivity contribution in [3.05, 3.63) is 92.3 Å². The van der Waals surface area contributed by atoms with Crippen molar-refractivity contribution in [3.63, 3.8) is 0 Å². The van der Waals surface area contributed by atoms with Crippen molar-refractivity contribution in [2.75, 3.05) is 5.32 Å². The van der Waals surface area contributed by atoms with Crippen LogP contribution >= 0.6 is 0 Å². The fourth-order valence-electron chi connectivity index (χ4n) is 3.95. The predicted molar refractivity (Wildman–Crippen MR) is 124 cm³/mol. The predicted octanol–water partition coefficient (Wildman–Crippen LogP) is 2.85. The van der Waals surface area contributed by atoms with E-state index >= 15 is 0 Å². The summed E-state index contributed by atoms with van der Waals surface area (Å²) in [5.41, 5.74) is 0.471. The molecule has 1 amide bonds. The minimum atomic E-state index is -0.936. The van der Waals surface area contributed by atoms with E-state index < -0.39 is 35.3 Å². The number of aromatic nitrogens is 4. The van der Waals surface area contributed by atoms with Crippen LogP contribution in [-0.2, 0) is 30.8 Å². The summed E-state index contributed by atoms with van der Waals surface area (Å²) < 4.78 is 30.9. The van der Waals surface area contributed by atoms with E-state index in [0.29, 0.717) is 24.7 Å². The standard InChI is InChI=1S/C24H23F2N5O3/c1-3-31-22-21(15(2)28-31)30(14-20(32)27-19-10-9-17(25)13-18(19)26)24(34)29(23(22)33)12-11-16-7-5-4-6-8-16/h4-10,13H,3,11-12,14H2,1-2H3,(H,27,32). The van der Waals surface area contributed by atoms with Crippen molar-refractivity contribution >= 4 is 22.6 Å². The fourth-order valence-corrected chi connectivity index (χ4v) is 3.95. The Morgan fingerprint density at radius 3 is 2.44 bits per heavy atom. The molecule has 176 valence electrons. The Morgan fingerprint density at radius 1 is 1.03 bits per heavy atom. The van der Waals surface area contributed by atoms with Crippen LogP contribution < -0.4 is 16.6 Å². The van der Waals surface area contributed by atoms with Gasteiger partial charge >= 0.3 is 5.69 Å². The number of nitrogens with zero attached hydrogens (tertiary/aromatic N) is 4. The third kappa shape index (κ3) is 4.39. The lowest BCUT2D eigenvalue weighted by atomic mass is 10.1. The Hall–Kier alpha value is -4.08. The Bertz CT molecular complexity index is 1490. The number of fused-ring (bicyclic) bond motifs is 1. The zero-order valence-corrected chi connectivity index (χ0v) is 18.7. The maximum absolute atomic E-state index is 14.0. The second-order valence-corrected chi connectivity index (χ2v) is 7.83. The third-order valence-electron chi connectivity index (χ3n) is 5.55. The van der Waals surface area contributed by atoms with Crippen LogP contribution in [0.3, 0.4) is 0 Å². The highest BCUT2D eigenvalue weighted by atomic mass is 19.1. The highest BCUT2D eigenvalue weighted by Gasteiger charge is 2.22. The van der Waals surface area contributed by atoms with E-state index in [0.717, 1.165) is 22.3 Å². The maximum Gasteiger partial charge on any atom is 0.332 e. The molecule has 10 heteroatoms. The molecule has 0 fully saturated rings. The average molecular weight is 467 g/mol. The summed E-state index contributed by atoms with van der Waals surface area (Å²) in [6.07, 6.45) is 0.438. The SMILES string of the molecule is CCn1nc(C)c2c1c(=O)n(CCc1ccccc1)c(=O)n2CC(=O)Nc1ccc(F)cc1F. The molecule has 0 spiro atoms. The molecule has 0 aliphatic heterocycles. The van der Waals surface area contributed by atoms with E-state index in [1.165, 1.54) is 9.25 Å². The zero-order valence-electron chi connectivity index (χ0n) is 18.7. The summed E-state index contributed by atoms with van der Waals surface area (Å²) in [7, 11) is 0. The van der Waals surface area contributed by atoms with Gasteiger partial charge in [-0.05, 0) is 38.0 Å². The number of hydrogen-bond acceptors (Lipinski definition) is 4. The molecular weight excluding hydrogens is 444 g/mol. The van der Waals surface area contributed by atoms with Gasteiger partial charge in [0.05, 0.1) is 11.4 Å². The second kappa shape index (κ2) is 9.42. The molecule has 2 aromatic carbocycles. The van der Waals surface area contributed by atoms with Crippen LogP contribution in [0.2, 0.25) is 0 Å². The zero-order chi connectivity index (χ0) is 24.4. The molecular formula is C24H23F2N5O3. The maximum atomic E-state index is 14.0. The summed E-state index contributed by atoms with van der Waals surface area (Å²) in [6, 6.07) is 12.2. The van der Waals surface area contributed by atoms with Crippen LogP contribution in [0.1, 0.15) is 18.2 Å². The van der Waals surface area contributed by atoms with E-state index in [2.05, 4.69) is 10.4 Å². The summed E-state index contributed by atoms with van der Waals surface area (Å²) in [5, 5.41) is 6.71. The highest BCUT2D eigenvalue weighted by Crippen LogP contribution is 2.17. The first-order chi connectivity index (χ1) is 16.3. The van der Waals surface area contributed by atoms with Crippen molar-refractivity contribution in [2.45, 2.75) is 39.9 Å². The lowest BCUT2D eigenvalue weighted by Crippen LogP contribution is -2.42. The summed E-state index contributed by atoms with van der Waals surface area (Å²) in [5.74, 6) is -2.42. The highest BCUT2D eigenvalue weighted by molar-refractivity contribution is 5.91. The molecule has 2 heterocycles. The normalized spacial score (nSPS) is 11.2. The quantitative estimate of drug-likeness (QED) is 0.453. The first-order valence-electron chi connectivity index (χ1n) is 10.8. The van der Waals surface area contributed by atoms with Crippen LogP contribution in [0.5, 0.6) is 0 Å². The molecule has 8 nitrogen and oxygen atoms in total. The molecule has 0 bridgehead atoms. The lowest BCUT2D eigenvalue weighted by Gasteiger charge is -2.13. The number of carbonyl (C=O) groups excluding carboxylic acids is 1. The molecule has 0 aliphatic carbocycles. The Kier molecular flexibility index (Phi) is 6.40. The van der Waals surface area contributed by atoms with Crippen molar-refractivity contribution in [1.29, 1.82) is 0 Å². The number of halogens is 2. The molecule has 2 aromatic heterocycles. The molecule has 0 aliphatic rings. The smallest absolute Gasteiger partial charge is 0.322 e. The number of hydrogen-bond donors (Lipinski definition) is 1. The Balaban J connectivity index is 1.76. The van der Waals surface area contributed by atoms with E-state index in [9.17, 15) is 23.2 Å². The van der Waals surface area contributed by atoms with Gasteiger partial charge in [0, 0.05) is 19.2 Å². The molecule has 4 rings (SSSR count). The molecule has 0 saturated carbocycles. The third-order valence-corrected chi connectivity index (χ3v) is 5.55. The molecule has 4 aromatic rings. The van der Waals surface area contributed by atoms with E-state index in [-0.39, 0.29) is 23.3 Å². The van der Waals surface area contributed by atoms with Gasteiger partial charge < -0.3 is 5.32 Å². The summed E-state index contributed by atoms with van der Waals surface area (Å²) >= 11 is 0. The van der Waals surface area contributed by atoms with Gasteiger partial charge in [0.1, 0.15) is 23.7 Å². The first-order valence-corrected chi connectivity index (χ1v) is 10.8. The van der Waals surface area contributed by atoms with Gasteiger partial charge in [0.25, 0.3) is 5.56 Å². The Morgan fingerprint density at radius 2 is 1.76 bits per heavy atom. The number of nitrogens with one attached hydrogen (secondary N) is 1. The van der Waals surface area contributed by atoms with Crippen molar-refractivity contribution < 1.29 is 13.6 Å². The van der Waals surface area contributed by atoms with E-state index in [1.807, 2.05) is 37.3 Å². The van der Waals surface area contributed by atoms with E-state index in [1.54, 1.807) is 6.92 Å². The van der Waals surface area contributed by atoms with Gasteiger partial charge in [-0.25, -0.2) is 13.6 Å². The topological polar surface area (TPSA) is 90.9 Å². The number of benzene rings is 2. The van der Waals surface area contributed by atoms with Crippen LogP contribution in [0.4, 0.5) is 14.5 Å². The lowest BCUT2D eigenvalue weighted by molar-refractivity contribution is -0.116. The van der Waals surface area contributed by atoms with Gasteiger partial charge in [0.2, 0.25) is 5.91 Å². The van der Waals surface area contributed by atoms with E-state index in [4.69, 9.17) is 0 Å². The molecule has 0 saturated heterocycles. The fraction of sp³-hybridized carbons (Fsp3) is 0.250.